The van der Waals surface area contributed by atoms with Gasteiger partial charge in [-0.1, -0.05) is 30.3 Å². The molecule has 0 aromatic heterocycles. The van der Waals surface area contributed by atoms with Crippen molar-refractivity contribution in [1.82, 2.24) is 5.32 Å². The van der Waals surface area contributed by atoms with Gasteiger partial charge in [-0.05, 0) is 29.3 Å². The first-order valence-corrected chi connectivity index (χ1v) is 5.73. The van der Waals surface area contributed by atoms with E-state index in [9.17, 15) is 4.39 Å². The van der Waals surface area contributed by atoms with Crippen LogP contribution in [0.1, 0.15) is 16.7 Å². The first-order chi connectivity index (χ1) is 8.79. The molecule has 0 spiro atoms. The number of benzene rings is 2. The summed E-state index contributed by atoms with van der Waals surface area (Å²) < 4.78 is 13.1. The average molecular weight is 240 g/mol. The van der Waals surface area contributed by atoms with Crippen LogP contribution in [0.3, 0.4) is 0 Å². The zero-order valence-electron chi connectivity index (χ0n) is 9.86. The van der Waals surface area contributed by atoms with Crippen LogP contribution in [0.25, 0.3) is 0 Å². The molecule has 2 aromatic carbocycles. The van der Waals surface area contributed by atoms with Crippen LogP contribution in [-0.2, 0) is 13.1 Å². The monoisotopic (exact) mass is 240 g/mol. The summed E-state index contributed by atoms with van der Waals surface area (Å²) in [5, 5.41) is 12.1. The van der Waals surface area contributed by atoms with Gasteiger partial charge >= 0.3 is 0 Å². The lowest BCUT2D eigenvalue weighted by molar-refractivity contribution is 0.619. The Hall–Kier alpha value is -2.18. The standard InChI is InChI=1S/C15H13FN2/c16-15-7-6-13(9-17)14(8-15)11-18-10-12-4-2-1-3-5-12/h1-8,18H,10-11H2. The maximum atomic E-state index is 13.1. The Morgan fingerprint density at radius 2 is 1.83 bits per heavy atom. The van der Waals surface area contributed by atoms with E-state index in [1.807, 2.05) is 30.3 Å². The molecule has 0 atom stereocenters. The number of nitrogens with zero attached hydrogens (tertiary/aromatic N) is 1. The second-order valence-electron chi connectivity index (χ2n) is 4.00. The molecule has 1 N–H and O–H groups in total. The maximum absolute atomic E-state index is 13.1. The van der Waals surface area contributed by atoms with Crippen LogP contribution in [0.15, 0.2) is 48.5 Å². The lowest BCUT2D eigenvalue weighted by Gasteiger charge is -2.06. The first-order valence-electron chi connectivity index (χ1n) is 5.73. The van der Waals surface area contributed by atoms with Gasteiger partial charge in [0.2, 0.25) is 0 Å². The molecule has 0 aliphatic carbocycles. The Morgan fingerprint density at radius 3 is 2.56 bits per heavy atom. The van der Waals surface area contributed by atoms with Crippen molar-refractivity contribution in [3.63, 3.8) is 0 Å². The predicted octanol–water partition coefficient (Wildman–Crippen LogP) is 2.99. The number of rotatable bonds is 4. The van der Waals surface area contributed by atoms with Gasteiger partial charge in [0.1, 0.15) is 5.82 Å². The van der Waals surface area contributed by atoms with E-state index in [-0.39, 0.29) is 5.82 Å². The van der Waals surface area contributed by atoms with E-state index in [2.05, 4.69) is 11.4 Å². The van der Waals surface area contributed by atoms with Crippen LogP contribution in [0.5, 0.6) is 0 Å². The molecule has 2 nitrogen and oxygen atoms in total. The minimum Gasteiger partial charge on any atom is -0.309 e. The topological polar surface area (TPSA) is 35.8 Å². The molecule has 0 aliphatic rings. The van der Waals surface area contributed by atoms with E-state index < -0.39 is 0 Å². The van der Waals surface area contributed by atoms with E-state index in [1.165, 1.54) is 18.2 Å². The van der Waals surface area contributed by atoms with Gasteiger partial charge in [0, 0.05) is 13.1 Å². The third kappa shape index (κ3) is 3.16. The quantitative estimate of drug-likeness (QED) is 0.891. The highest BCUT2D eigenvalue weighted by Crippen LogP contribution is 2.10. The summed E-state index contributed by atoms with van der Waals surface area (Å²) in [6, 6.07) is 16.2. The second kappa shape index (κ2) is 5.95. The SMILES string of the molecule is N#Cc1ccc(F)cc1CNCc1ccccc1. The lowest BCUT2D eigenvalue weighted by Crippen LogP contribution is -2.13. The molecular weight excluding hydrogens is 227 g/mol. The van der Waals surface area contributed by atoms with Crippen LogP contribution in [0, 0.1) is 17.1 Å². The van der Waals surface area contributed by atoms with Crippen molar-refractivity contribution in [3.8, 4) is 6.07 Å². The van der Waals surface area contributed by atoms with Crippen LogP contribution >= 0.6 is 0 Å². The van der Waals surface area contributed by atoms with Crippen molar-refractivity contribution >= 4 is 0 Å². The fraction of sp³-hybridized carbons (Fsp3) is 0.133. The Bertz CT molecular complexity index is 558. The Balaban J connectivity index is 1.98. The molecule has 0 bridgehead atoms. The molecule has 2 aromatic rings. The van der Waals surface area contributed by atoms with Crippen molar-refractivity contribution in [1.29, 1.82) is 5.26 Å². The van der Waals surface area contributed by atoms with E-state index in [0.717, 1.165) is 5.56 Å². The normalized spacial score (nSPS) is 10.0. The number of nitrogens with one attached hydrogen (secondary N) is 1. The molecule has 0 aliphatic heterocycles. The summed E-state index contributed by atoms with van der Waals surface area (Å²) in [6.07, 6.45) is 0. The highest BCUT2D eigenvalue weighted by molar-refractivity contribution is 5.37. The van der Waals surface area contributed by atoms with E-state index >= 15 is 0 Å². The number of halogens is 1. The van der Waals surface area contributed by atoms with Gasteiger partial charge in [-0.3, -0.25) is 0 Å². The lowest BCUT2D eigenvalue weighted by atomic mass is 10.1. The smallest absolute Gasteiger partial charge is 0.123 e. The molecule has 3 heteroatoms. The van der Waals surface area contributed by atoms with Gasteiger partial charge < -0.3 is 5.32 Å². The highest BCUT2D eigenvalue weighted by atomic mass is 19.1. The van der Waals surface area contributed by atoms with Crippen LogP contribution in [0.2, 0.25) is 0 Å². The molecule has 0 fully saturated rings. The van der Waals surface area contributed by atoms with Crippen molar-refractivity contribution in [2.75, 3.05) is 0 Å². The third-order valence-corrected chi connectivity index (χ3v) is 2.68. The Morgan fingerprint density at radius 1 is 1.06 bits per heavy atom. The second-order valence-corrected chi connectivity index (χ2v) is 4.00. The van der Waals surface area contributed by atoms with Gasteiger partial charge in [0.05, 0.1) is 11.6 Å². The number of hydrogen-bond acceptors (Lipinski definition) is 2. The zero-order chi connectivity index (χ0) is 12.8. The van der Waals surface area contributed by atoms with Gasteiger partial charge in [-0.25, -0.2) is 4.39 Å². The largest absolute Gasteiger partial charge is 0.309 e. The van der Waals surface area contributed by atoms with Crippen LogP contribution in [-0.4, -0.2) is 0 Å². The Labute approximate surface area is 106 Å². The van der Waals surface area contributed by atoms with E-state index in [0.29, 0.717) is 24.2 Å². The minimum absolute atomic E-state index is 0.314. The molecule has 0 radical (unpaired) electrons. The summed E-state index contributed by atoms with van der Waals surface area (Å²) >= 11 is 0. The Kier molecular flexibility index (Phi) is 4.06. The van der Waals surface area contributed by atoms with Crippen molar-refractivity contribution in [2.45, 2.75) is 13.1 Å². The average Bonchev–Trinajstić information content (AvgIpc) is 2.40. The molecule has 0 saturated heterocycles. The summed E-state index contributed by atoms with van der Waals surface area (Å²) in [5.74, 6) is -0.314. The van der Waals surface area contributed by atoms with E-state index in [1.54, 1.807) is 0 Å². The fourth-order valence-electron chi connectivity index (χ4n) is 1.75. The van der Waals surface area contributed by atoms with Gasteiger partial charge in [0.25, 0.3) is 0 Å². The molecule has 18 heavy (non-hydrogen) atoms. The highest BCUT2D eigenvalue weighted by Gasteiger charge is 2.03. The number of hydrogen-bond donors (Lipinski definition) is 1. The minimum atomic E-state index is -0.314. The predicted molar refractivity (Wildman–Crippen MR) is 68.1 cm³/mol. The third-order valence-electron chi connectivity index (χ3n) is 2.68. The van der Waals surface area contributed by atoms with E-state index in [4.69, 9.17) is 5.26 Å². The molecule has 0 amide bonds. The number of nitriles is 1. The summed E-state index contributed by atoms with van der Waals surface area (Å²) in [4.78, 5) is 0. The molecule has 2 rings (SSSR count). The van der Waals surface area contributed by atoms with Gasteiger partial charge in [0.15, 0.2) is 0 Å². The van der Waals surface area contributed by atoms with Gasteiger partial charge in [-0.15, -0.1) is 0 Å². The van der Waals surface area contributed by atoms with Crippen LogP contribution < -0.4 is 5.32 Å². The fourth-order valence-corrected chi connectivity index (χ4v) is 1.75. The summed E-state index contributed by atoms with van der Waals surface area (Å²) in [6.45, 7) is 1.18. The molecule has 0 saturated carbocycles. The molecule has 90 valence electrons. The first kappa shape index (κ1) is 12.3. The van der Waals surface area contributed by atoms with Crippen molar-refractivity contribution in [2.24, 2.45) is 0 Å². The molecule has 0 unspecified atom stereocenters. The summed E-state index contributed by atoms with van der Waals surface area (Å²) in [7, 11) is 0. The maximum Gasteiger partial charge on any atom is 0.123 e. The summed E-state index contributed by atoms with van der Waals surface area (Å²) in [5.41, 5.74) is 2.36. The molecular formula is C15H13FN2. The van der Waals surface area contributed by atoms with Crippen molar-refractivity contribution in [3.05, 3.63) is 71.0 Å². The van der Waals surface area contributed by atoms with Gasteiger partial charge in [-0.2, -0.15) is 5.26 Å². The molecule has 0 heterocycles. The van der Waals surface area contributed by atoms with Crippen LogP contribution in [0.4, 0.5) is 4.39 Å². The zero-order valence-corrected chi connectivity index (χ0v) is 9.86. The van der Waals surface area contributed by atoms with Crippen molar-refractivity contribution < 1.29 is 4.39 Å².